The fourth-order valence-corrected chi connectivity index (χ4v) is 14.5. The number of rotatable bonds is 5. The lowest BCUT2D eigenvalue weighted by atomic mass is 9.83. The van der Waals surface area contributed by atoms with Crippen LogP contribution < -0.4 is 24.5 Å². The number of hydrogen-bond acceptors (Lipinski definition) is 9. The van der Waals surface area contributed by atoms with Crippen LogP contribution in [0.4, 0.5) is 51.2 Å². The van der Waals surface area contributed by atoms with E-state index < -0.39 is 11.9 Å². The average Bonchev–Trinajstić information content (AvgIpc) is 0.774. The lowest BCUT2D eigenvalue weighted by Gasteiger charge is -2.40. The van der Waals surface area contributed by atoms with Crippen molar-refractivity contribution >= 4 is 161 Å². The maximum Gasteiger partial charge on any atom is 0.346 e. The van der Waals surface area contributed by atoms with Crippen molar-refractivity contribution in [3.8, 4) is 0 Å². The maximum absolute atomic E-state index is 14.0. The van der Waals surface area contributed by atoms with E-state index in [9.17, 15) is 19.2 Å². The van der Waals surface area contributed by atoms with E-state index in [0.717, 1.165) is 105 Å². The SMILES string of the molecule is O=C1OC(=O)c2ccc3c4ccc5c6c(ccc(c7ccc1c2c73)c64)N(c1ccccc1)CN5c1ccccc1.O=C1c2ccc3c4ccc5c6c(ccc(c7ccc(c2c37)C(=O)N1c1ccccc1)c64)N(c1ccccc1)CN5c1ccccc1. The number of carbonyl (C=O) groups is 4. The molecular formula is C76H45N5O5. The first kappa shape index (κ1) is 48.0. The summed E-state index contributed by atoms with van der Waals surface area (Å²) in [6, 6.07) is 84.5. The maximum atomic E-state index is 14.0. The van der Waals surface area contributed by atoms with Gasteiger partial charge in [-0.2, -0.15) is 0 Å². The quantitative estimate of drug-likeness (QED) is 0.0549. The Morgan fingerprint density at radius 2 is 0.477 bits per heavy atom. The predicted molar refractivity (Wildman–Crippen MR) is 347 cm³/mol. The van der Waals surface area contributed by atoms with Gasteiger partial charge in [0.2, 0.25) is 0 Å². The van der Waals surface area contributed by atoms with Crippen molar-refractivity contribution in [2.75, 3.05) is 37.8 Å². The number of imide groups is 1. The summed E-state index contributed by atoms with van der Waals surface area (Å²) in [6.07, 6.45) is 0. The minimum absolute atomic E-state index is 0.291. The number of amides is 2. The molecule has 15 aromatic carbocycles. The van der Waals surface area contributed by atoms with Crippen LogP contribution in [0.3, 0.4) is 0 Å². The van der Waals surface area contributed by atoms with Crippen molar-refractivity contribution in [2.45, 2.75) is 0 Å². The number of para-hydroxylation sites is 5. The van der Waals surface area contributed by atoms with Crippen molar-refractivity contribution in [1.29, 1.82) is 0 Å². The van der Waals surface area contributed by atoms with Gasteiger partial charge in [0.05, 0.1) is 52.9 Å². The molecule has 0 aromatic heterocycles. The summed E-state index contributed by atoms with van der Waals surface area (Å²) in [5.41, 5.74) is 11.7. The Hall–Kier alpha value is -11.6. The Labute approximate surface area is 491 Å². The lowest BCUT2D eigenvalue weighted by Crippen LogP contribution is -2.40. The number of benzene rings is 15. The van der Waals surface area contributed by atoms with Crippen LogP contribution in [0.15, 0.2) is 249 Å². The van der Waals surface area contributed by atoms with Crippen LogP contribution >= 0.6 is 0 Å². The third-order valence-corrected chi connectivity index (χ3v) is 18.2. The standard InChI is InChI=1S/C41H25N3O2.C35H20N2O3/c45-40-32-18-16-28-30-20-22-34-39-35(43(26-12-6-2-7-13-26)24-42(34)25-10-4-1-5-11-25)23-21-31(37(30)39)29-17-19-33(38(32)36(28)29)41(46)44(40)27-14-8-3-9-15-27;38-34-26-13-11-22-24-15-17-28-33-29(37(21-9-5-2-6-10-21)19-36(28)20-7-3-1-4-8-20)18-16-25(31(24)33)23-12-14-27(35(39)40-34)32(26)30(22)23/h1-23H,24H2;1-18H,19H2. The Kier molecular flexibility index (Phi) is 10.0. The van der Waals surface area contributed by atoms with Gasteiger partial charge in [-0.15, -0.1) is 0 Å². The van der Waals surface area contributed by atoms with Gasteiger partial charge in [-0.25, -0.2) is 14.5 Å². The summed E-state index contributed by atoms with van der Waals surface area (Å²) in [6.45, 7) is 1.35. The van der Waals surface area contributed by atoms with Gasteiger partial charge in [-0.05, 0) is 163 Å². The molecule has 15 aromatic rings. The highest BCUT2D eigenvalue weighted by Crippen LogP contribution is 2.54. The molecule has 0 unspecified atom stereocenters. The number of esters is 2. The monoisotopic (exact) mass is 1110 g/mol. The number of anilines is 9. The summed E-state index contributed by atoms with van der Waals surface area (Å²) in [4.78, 5) is 64.0. The van der Waals surface area contributed by atoms with Gasteiger partial charge in [0.1, 0.15) is 0 Å². The van der Waals surface area contributed by atoms with Gasteiger partial charge >= 0.3 is 11.9 Å². The van der Waals surface area contributed by atoms with Crippen molar-refractivity contribution in [3.05, 3.63) is 271 Å². The second-order valence-electron chi connectivity index (χ2n) is 22.5. The molecule has 4 aliphatic rings. The highest BCUT2D eigenvalue weighted by molar-refractivity contribution is 6.44. The molecule has 2 amide bonds. The molecule has 86 heavy (non-hydrogen) atoms. The van der Waals surface area contributed by atoms with Gasteiger partial charge in [0.15, 0.2) is 0 Å². The van der Waals surface area contributed by atoms with Gasteiger partial charge in [-0.1, -0.05) is 140 Å². The molecule has 19 rings (SSSR count). The Morgan fingerprint density at radius 3 is 0.779 bits per heavy atom. The van der Waals surface area contributed by atoms with Gasteiger partial charge in [0, 0.05) is 66.2 Å². The molecule has 4 aliphatic heterocycles. The number of fused-ring (bicyclic) bond motifs is 4. The summed E-state index contributed by atoms with van der Waals surface area (Å²) in [5.74, 6) is -1.76. The van der Waals surface area contributed by atoms with Crippen molar-refractivity contribution < 1.29 is 23.9 Å². The Morgan fingerprint density at radius 1 is 0.233 bits per heavy atom. The van der Waals surface area contributed by atoms with E-state index in [0.29, 0.717) is 46.7 Å². The molecule has 0 saturated heterocycles. The van der Waals surface area contributed by atoms with E-state index in [-0.39, 0.29) is 11.8 Å². The zero-order valence-corrected chi connectivity index (χ0v) is 45.9. The lowest BCUT2D eigenvalue weighted by molar-refractivity contribution is 0.0390. The van der Waals surface area contributed by atoms with E-state index in [1.165, 1.54) is 26.4 Å². The molecule has 0 bridgehead atoms. The van der Waals surface area contributed by atoms with Crippen LogP contribution in [-0.4, -0.2) is 37.1 Å². The fraction of sp³-hybridized carbons (Fsp3) is 0.0263. The Bertz CT molecular complexity index is 5130. The smallest absolute Gasteiger partial charge is 0.346 e. The first-order valence-electron chi connectivity index (χ1n) is 28.8. The molecule has 0 spiro atoms. The zero-order valence-electron chi connectivity index (χ0n) is 45.9. The van der Waals surface area contributed by atoms with Crippen molar-refractivity contribution in [1.82, 2.24) is 0 Å². The van der Waals surface area contributed by atoms with E-state index >= 15 is 0 Å². The first-order valence-corrected chi connectivity index (χ1v) is 28.8. The fourth-order valence-electron chi connectivity index (χ4n) is 14.5. The molecule has 0 fully saturated rings. The molecule has 0 atom stereocenters. The molecule has 0 N–H and O–H groups in total. The number of nitrogens with zero attached hydrogens (tertiary/aromatic N) is 5. The molecular weight excluding hydrogens is 1060 g/mol. The summed E-state index contributed by atoms with van der Waals surface area (Å²) < 4.78 is 5.03. The average molecular weight is 1110 g/mol. The van der Waals surface area contributed by atoms with E-state index in [1.807, 2.05) is 54.6 Å². The molecule has 0 radical (unpaired) electrons. The second-order valence-corrected chi connectivity index (χ2v) is 22.5. The summed E-state index contributed by atoms with van der Waals surface area (Å²) in [5, 5.41) is 16.6. The van der Waals surface area contributed by atoms with E-state index in [2.05, 4.69) is 189 Å². The highest BCUT2D eigenvalue weighted by atomic mass is 16.6. The number of carbonyl (C=O) groups excluding carboxylic acids is 4. The van der Waals surface area contributed by atoms with E-state index in [4.69, 9.17) is 4.74 Å². The third-order valence-electron chi connectivity index (χ3n) is 18.2. The van der Waals surface area contributed by atoms with Crippen molar-refractivity contribution in [2.24, 2.45) is 0 Å². The molecule has 0 aliphatic carbocycles. The topological polar surface area (TPSA) is 93.7 Å². The van der Waals surface area contributed by atoms with Crippen LogP contribution in [0.1, 0.15) is 41.4 Å². The van der Waals surface area contributed by atoms with Crippen LogP contribution in [0.2, 0.25) is 0 Å². The largest absolute Gasteiger partial charge is 0.386 e. The van der Waals surface area contributed by atoms with E-state index in [1.54, 1.807) is 24.3 Å². The molecule has 0 saturated carbocycles. The predicted octanol–water partition coefficient (Wildman–Crippen LogP) is 18.1. The normalized spacial score (nSPS) is 14.5. The van der Waals surface area contributed by atoms with Gasteiger partial charge in [-0.3, -0.25) is 9.59 Å². The van der Waals surface area contributed by atoms with Gasteiger partial charge in [0.25, 0.3) is 11.8 Å². The third kappa shape index (κ3) is 6.60. The zero-order chi connectivity index (χ0) is 57.1. The number of ether oxygens (including phenoxy) is 1. The van der Waals surface area contributed by atoms with Crippen LogP contribution in [0, 0.1) is 0 Å². The molecule has 4 heterocycles. The molecule has 10 heteroatoms. The molecule has 10 nitrogen and oxygen atoms in total. The van der Waals surface area contributed by atoms with Crippen molar-refractivity contribution in [3.63, 3.8) is 0 Å². The summed E-state index contributed by atoms with van der Waals surface area (Å²) >= 11 is 0. The minimum atomic E-state index is -0.589. The van der Waals surface area contributed by atoms with Gasteiger partial charge < -0.3 is 24.3 Å². The summed E-state index contributed by atoms with van der Waals surface area (Å²) in [7, 11) is 0. The highest BCUT2D eigenvalue weighted by Gasteiger charge is 2.37. The minimum Gasteiger partial charge on any atom is -0.386 e. The van der Waals surface area contributed by atoms with Crippen LogP contribution in [-0.2, 0) is 4.74 Å². The molecule has 404 valence electrons. The van der Waals surface area contributed by atoms with Crippen LogP contribution in [0.5, 0.6) is 0 Å². The number of hydrogen-bond donors (Lipinski definition) is 0. The first-order chi connectivity index (χ1) is 42.4. The van der Waals surface area contributed by atoms with Crippen LogP contribution in [0.25, 0.3) is 86.2 Å². The number of cyclic esters (lactones) is 2. The Balaban J connectivity index is 0.000000131. The second kappa shape index (κ2) is 17.9.